The van der Waals surface area contributed by atoms with Gasteiger partial charge in [0.25, 0.3) is 23.6 Å². The Morgan fingerprint density at radius 2 is 0.411 bits per heavy atom. The molecule has 8 aromatic carbocycles. The number of fused-ring (bicyclic) bond motifs is 8. The third-order valence-electron chi connectivity index (χ3n) is 18.8. The first-order valence-corrected chi connectivity index (χ1v) is 41.2. The predicted octanol–water partition coefficient (Wildman–Crippen LogP) is 18.7. The molecule has 0 heterocycles. The van der Waals surface area contributed by atoms with Crippen LogP contribution in [-0.4, -0.2) is 141 Å². The second kappa shape index (κ2) is 40.5. The zero-order chi connectivity index (χ0) is 91.0. The summed E-state index contributed by atoms with van der Waals surface area (Å²) in [5.74, 6) is -11.9. The number of carbonyl (C=O) groups is 12. The van der Waals surface area contributed by atoms with E-state index in [0.717, 1.165) is 24.3 Å². The maximum atomic E-state index is 15.7. The molecule has 8 aromatic rings. The van der Waals surface area contributed by atoms with E-state index in [4.69, 9.17) is 37.9 Å². The van der Waals surface area contributed by atoms with Gasteiger partial charge in [0.2, 0.25) is 0 Å². The summed E-state index contributed by atoms with van der Waals surface area (Å²) in [7, 11) is 0. The molecule has 1 aliphatic carbocycles. The van der Waals surface area contributed by atoms with Crippen LogP contribution in [0.5, 0.6) is 23.0 Å². The Hall–Kier alpha value is -13.4. The van der Waals surface area contributed by atoms with Crippen LogP contribution in [0.15, 0.2) is 121 Å². The first kappa shape index (κ1) is 94.5. The van der Waals surface area contributed by atoms with Gasteiger partial charge in [0.1, 0.15) is 45.4 Å². The van der Waals surface area contributed by atoms with Crippen LogP contribution in [0.2, 0.25) is 0 Å². The number of hydrogen-bond donors (Lipinski definition) is 8. The topological polar surface area (TPSA) is 408 Å². The fraction of sp³-hybridized carbons (Fsp3) is 0.375. The summed E-state index contributed by atoms with van der Waals surface area (Å²) in [5, 5.41) is 53.1. The Bertz CT molecular complexity index is 4720. The zero-order valence-corrected chi connectivity index (χ0v) is 72.8. The molecule has 0 radical (unpaired) electrons. The Morgan fingerprint density at radius 3 is 0.556 bits per heavy atom. The molecular formula is C96H108N4O24. The van der Waals surface area contributed by atoms with Crippen molar-refractivity contribution in [2.75, 3.05) is 47.7 Å². The average molecular weight is 1700 g/mol. The second-order valence-corrected chi connectivity index (χ2v) is 34.3. The van der Waals surface area contributed by atoms with Gasteiger partial charge in [-0.15, -0.1) is 0 Å². The number of amides is 4. The molecular weight excluding hydrogens is 1590 g/mol. The molecule has 0 saturated carbocycles. The van der Waals surface area contributed by atoms with Crippen molar-refractivity contribution in [3.63, 3.8) is 0 Å². The number of unbranched alkanes of at least 4 members (excludes halogenated alkanes) is 4. The summed E-state index contributed by atoms with van der Waals surface area (Å²) in [5.41, 5.74) is -5.10. The molecule has 0 aromatic heterocycles. The molecule has 8 N–H and O–H groups in total. The lowest BCUT2D eigenvalue weighted by Gasteiger charge is -2.25. The fourth-order valence-electron chi connectivity index (χ4n) is 13.4. The van der Waals surface area contributed by atoms with E-state index in [-0.39, 0.29) is 209 Å². The standard InChI is InChI=1S/C96H108N4O24/c1-17-21-25-117-77-53-29-55-35-62(82(102)98-74-46-66(86(107)108)42-70(50-74)90(114)122-94(8,9)10)37-57(78(55)118-26-22-18-2)31-59-39-64(84(104)100-76-48-68(88(111)112)44-72(52-76)92(116)124-96(14,15)16)40-60(80(59)120-28-24-20-4)32-58-38-63(83(103)99-75-47-67(87(109)110)43-71(51-75)91(115)123-95(11,12)13)36-56(79(58)119-27-23-19-3)30-54(77)34-61(33-53)81(101)97-73-45-65(85(105)106)41-69(49-73)89(113)121-93(5,6)7/h33-52H,17-32H2,1-16H3,(H,97,101)(H,98,102)(H,99,103)(H,100,104)(H,105,106)(H,107,108)(H,109,110)(H,111,112). The van der Waals surface area contributed by atoms with Crippen LogP contribution in [0.1, 0.15) is 331 Å². The molecule has 124 heavy (non-hydrogen) atoms. The third kappa shape index (κ3) is 26.3. The monoisotopic (exact) mass is 1700 g/mol. The quantitative estimate of drug-likeness (QED) is 0.0110. The van der Waals surface area contributed by atoms with Gasteiger partial charge in [-0.1, -0.05) is 53.4 Å². The lowest BCUT2D eigenvalue weighted by atomic mass is 9.88. The molecule has 0 unspecified atom stereocenters. The second-order valence-electron chi connectivity index (χ2n) is 34.3. The lowest BCUT2D eigenvalue weighted by Crippen LogP contribution is -2.24. The van der Waals surface area contributed by atoms with Gasteiger partial charge in [-0.3, -0.25) is 19.2 Å². The van der Waals surface area contributed by atoms with Crippen molar-refractivity contribution in [3.05, 3.63) is 233 Å². The highest BCUT2D eigenvalue weighted by atomic mass is 16.6. The number of hydrogen-bond acceptors (Lipinski definition) is 20. The van der Waals surface area contributed by atoms with Gasteiger partial charge >= 0.3 is 47.8 Å². The predicted molar refractivity (Wildman–Crippen MR) is 465 cm³/mol. The first-order valence-electron chi connectivity index (χ1n) is 41.2. The Labute approximate surface area is 720 Å². The van der Waals surface area contributed by atoms with Crippen LogP contribution < -0.4 is 40.2 Å². The molecule has 0 spiro atoms. The molecule has 0 saturated heterocycles. The molecule has 0 atom stereocenters. The fourth-order valence-corrected chi connectivity index (χ4v) is 13.4. The minimum absolute atomic E-state index is 0.0706. The summed E-state index contributed by atoms with van der Waals surface area (Å²) >= 11 is 0. The number of esters is 4. The van der Waals surface area contributed by atoms with Crippen molar-refractivity contribution in [2.45, 2.75) is 210 Å². The number of benzene rings is 8. The molecule has 656 valence electrons. The van der Waals surface area contributed by atoms with Crippen molar-refractivity contribution in [3.8, 4) is 23.0 Å². The van der Waals surface area contributed by atoms with E-state index < -0.39 is 93.8 Å². The van der Waals surface area contributed by atoms with E-state index in [2.05, 4.69) is 21.3 Å². The van der Waals surface area contributed by atoms with Crippen LogP contribution in [0, 0.1) is 0 Å². The number of ether oxygens (including phenoxy) is 8. The van der Waals surface area contributed by atoms with Gasteiger partial charge in [0.05, 0.1) is 70.9 Å². The van der Waals surface area contributed by atoms with Gasteiger partial charge in [-0.05, 0) is 275 Å². The Kier molecular flexibility index (Phi) is 30.9. The zero-order valence-electron chi connectivity index (χ0n) is 72.8. The highest BCUT2D eigenvalue weighted by Gasteiger charge is 2.32. The highest BCUT2D eigenvalue weighted by molar-refractivity contribution is 6.10. The number of carbonyl (C=O) groups excluding carboxylic acids is 8. The maximum absolute atomic E-state index is 15.7. The number of carboxylic acid groups (broad SMARTS) is 4. The molecule has 8 bridgehead atoms. The number of anilines is 4. The van der Waals surface area contributed by atoms with E-state index in [9.17, 15) is 58.8 Å². The summed E-state index contributed by atoms with van der Waals surface area (Å²) in [6.07, 6.45) is 3.34. The molecule has 0 fully saturated rings. The van der Waals surface area contributed by atoms with Crippen molar-refractivity contribution >= 4 is 94.1 Å². The largest absolute Gasteiger partial charge is 0.493 e. The van der Waals surface area contributed by atoms with E-state index in [1.807, 2.05) is 27.7 Å². The van der Waals surface area contributed by atoms with Crippen LogP contribution >= 0.6 is 0 Å². The number of nitrogens with one attached hydrogen (secondary N) is 4. The molecule has 0 aliphatic heterocycles. The molecule has 28 nitrogen and oxygen atoms in total. The number of carboxylic acids is 4. The van der Waals surface area contributed by atoms with Crippen LogP contribution in [0.25, 0.3) is 0 Å². The number of rotatable bonds is 32. The highest BCUT2D eigenvalue weighted by Crippen LogP contribution is 2.43. The summed E-state index contributed by atoms with van der Waals surface area (Å²) in [6.45, 7) is 27.7. The minimum Gasteiger partial charge on any atom is -0.493 e. The number of aromatic carboxylic acids is 4. The van der Waals surface area contributed by atoms with Gasteiger partial charge in [-0.2, -0.15) is 0 Å². The van der Waals surface area contributed by atoms with Crippen LogP contribution in [0.3, 0.4) is 0 Å². The molecule has 1 aliphatic rings. The summed E-state index contributed by atoms with van der Waals surface area (Å²) in [4.78, 5) is 169. The summed E-state index contributed by atoms with van der Waals surface area (Å²) in [6, 6.07) is 26.5. The summed E-state index contributed by atoms with van der Waals surface area (Å²) < 4.78 is 50.7. The van der Waals surface area contributed by atoms with Crippen molar-refractivity contribution in [1.29, 1.82) is 0 Å². The van der Waals surface area contributed by atoms with E-state index >= 15 is 19.2 Å². The molecule has 9 rings (SSSR count). The van der Waals surface area contributed by atoms with Crippen molar-refractivity contribution < 1.29 is 116 Å². The third-order valence-corrected chi connectivity index (χ3v) is 18.8. The van der Waals surface area contributed by atoms with Gasteiger partial charge in [0, 0.05) is 70.7 Å². The Balaban J connectivity index is 1.43. The van der Waals surface area contributed by atoms with Gasteiger partial charge in [0.15, 0.2) is 0 Å². The Morgan fingerprint density at radius 1 is 0.250 bits per heavy atom. The SMILES string of the molecule is CCCCOc1c2cc(C(=O)Nc3cc(C(=O)O)cc(C(=O)OC(C)(C)C)c3)cc1Cc1cc(C(=O)Nc3cc(C(=O)O)cc(C(=O)OC(C)(C)C)c3)cc(c1OCCCC)Cc1cc(C(=O)Nc3cc(C(=O)O)cc(C(=O)OC(C)(C)C)c3)cc(c1OCCCC)Cc1cc(C(=O)Nc3cc(C(=O)O)cc(C(=O)OC(C)(C)C)c3)cc(c1OCCCC)C2. The average Bonchev–Trinajstić information content (AvgIpc) is 0.767. The van der Waals surface area contributed by atoms with E-state index in [0.29, 0.717) is 51.4 Å². The normalized spacial score (nSPS) is 12.0. The first-order chi connectivity index (χ1) is 58.3. The van der Waals surface area contributed by atoms with Gasteiger partial charge < -0.3 is 79.6 Å². The van der Waals surface area contributed by atoms with Crippen molar-refractivity contribution in [1.82, 2.24) is 0 Å². The minimum atomic E-state index is -1.44. The maximum Gasteiger partial charge on any atom is 0.338 e. The van der Waals surface area contributed by atoms with E-state index in [1.54, 1.807) is 83.1 Å². The smallest absolute Gasteiger partial charge is 0.338 e. The van der Waals surface area contributed by atoms with Gasteiger partial charge in [-0.25, -0.2) is 38.4 Å². The molecule has 4 amide bonds. The van der Waals surface area contributed by atoms with Crippen LogP contribution in [-0.2, 0) is 44.6 Å². The molecule has 28 heteroatoms. The lowest BCUT2D eigenvalue weighted by molar-refractivity contribution is 0.00569. The van der Waals surface area contributed by atoms with Crippen LogP contribution in [0.4, 0.5) is 22.7 Å². The van der Waals surface area contributed by atoms with E-state index in [1.165, 1.54) is 97.1 Å². The van der Waals surface area contributed by atoms with Crippen molar-refractivity contribution in [2.24, 2.45) is 0 Å².